The van der Waals surface area contributed by atoms with Gasteiger partial charge in [0.1, 0.15) is 0 Å². The largest absolute Gasteiger partial charge is 0.457 e. The van der Waals surface area contributed by atoms with E-state index in [4.69, 9.17) is 4.74 Å². The third-order valence-electron chi connectivity index (χ3n) is 5.68. The molecule has 0 N–H and O–H groups in total. The number of piperidine rings is 1. The predicted octanol–water partition coefficient (Wildman–Crippen LogP) is 2.82. The monoisotopic (exact) mass is 414 g/mol. The standard InChI is InChI=1S/C23H30N2O5/c1-23(2,3)22(29)24-13-10-17(11-14-24)21(28)30-15-19(26)16-6-8-18(9-7-16)25-12-4-5-20(25)27/h6-9,17H,4-5,10-15H2,1-3H3. The molecule has 0 aromatic heterocycles. The van der Waals surface area contributed by atoms with Crippen LogP contribution in [0.1, 0.15) is 56.8 Å². The van der Waals surface area contributed by atoms with E-state index in [0.717, 1.165) is 12.1 Å². The Balaban J connectivity index is 1.46. The van der Waals surface area contributed by atoms with Crippen molar-refractivity contribution in [3.63, 3.8) is 0 Å². The summed E-state index contributed by atoms with van der Waals surface area (Å²) < 4.78 is 5.25. The first-order chi connectivity index (χ1) is 14.2. The van der Waals surface area contributed by atoms with Crippen molar-refractivity contribution >= 4 is 29.3 Å². The molecule has 2 amide bonds. The summed E-state index contributed by atoms with van der Waals surface area (Å²) in [6.07, 6.45) is 2.50. The number of amides is 2. The fourth-order valence-electron chi connectivity index (χ4n) is 3.88. The van der Waals surface area contributed by atoms with E-state index in [1.165, 1.54) is 0 Å². The Hall–Kier alpha value is -2.70. The molecular weight excluding hydrogens is 384 g/mol. The Morgan fingerprint density at radius 2 is 1.67 bits per heavy atom. The molecule has 1 aromatic rings. The normalized spacial score (nSPS) is 17.9. The second-order valence-electron chi connectivity index (χ2n) is 9.04. The van der Waals surface area contributed by atoms with E-state index in [0.29, 0.717) is 44.5 Å². The number of esters is 1. The van der Waals surface area contributed by atoms with Crippen LogP contribution in [0.4, 0.5) is 5.69 Å². The molecule has 2 aliphatic rings. The maximum atomic E-state index is 12.4. The second-order valence-corrected chi connectivity index (χ2v) is 9.04. The average molecular weight is 415 g/mol. The molecule has 0 bridgehead atoms. The van der Waals surface area contributed by atoms with Crippen LogP contribution in [0.2, 0.25) is 0 Å². The molecule has 162 valence electrons. The van der Waals surface area contributed by atoms with Gasteiger partial charge in [-0.25, -0.2) is 0 Å². The van der Waals surface area contributed by atoms with Crippen LogP contribution in [0.5, 0.6) is 0 Å². The number of benzene rings is 1. The Bertz CT molecular complexity index is 817. The van der Waals surface area contributed by atoms with Crippen molar-refractivity contribution in [3.05, 3.63) is 29.8 Å². The van der Waals surface area contributed by atoms with Gasteiger partial charge < -0.3 is 14.5 Å². The van der Waals surface area contributed by atoms with Gasteiger partial charge in [0.15, 0.2) is 12.4 Å². The molecule has 2 aliphatic heterocycles. The van der Waals surface area contributed by atoms with Gasteiger partial charge in [-0.15, -0.1) is 0 Å². The Morgan fingerprint density at radius 1 is 1.03 bits per heavy atom. The zero-order valence-corrected chi connectivity index (χ0v) is 18.0. The number of hydrogen-bond acceptors (Lipinski definition) is 5. The SMILES string of the molecule is CC(C)(C)C(=O)N1CCC(C(=O)OCC(=O)c2ccc(N3CCCC3=O)cc2)CC1. The van der Waals surface area contributed by atoms with Crippen LogP contribution < -0.4 is 4.90 Å². The number of nitrogens with zero attached hydrogens (tertiary/aromatic N) is 2. The summed E-state index contributed by atoms with van der Waals surface area (Å²) >= 11 is 0. The summed E-state index contributed by atoms with van der Waals surface area (Å²) in [5.74, 6) is -0.763. The van der Waals surface area contributed by atoms with Crippen LogP contribution in [0, 0.1) is 11.3 Å². The highest BCUT2D eigenvalue weighted by atomic mass is 16.5. The van der Waals surface area contributed by atoms with E-state index in [2.05, 4.69) is 0 Å². The number of hydrogen-bond donors (Lipinski definition) is 0. The highest BCUT2D eigenvalue weighted by molar-refractivity contribution is 5.99. The number of Topliss-reactive ketones (excluding diaryl/α,β-unsaturated/α-hetero) is 1. The van der Waals surface area contributed by atoms with Gasteiger partial charge in [0.2, 0.25) is 11.8 Å². The first-order valence-electron chi connectivity index (χ1n) is 10.6. The van der Waals surface area contributed by atoms with Crippen LogP contribution in [0.15, 0.2) is 24.3 Å². The van der Waals surface area contributed by atoms with Gasteiger partial charge >= 0.3 is 5.97 Å². The smallest absolute Gasteiger partial charge is 0.309 e. The third-order valence-corrected chi connectivity index (χ3v) is 5.68. The van der Waals surface area contributed by atoms with Gasteiger partial charge in [-0.1, -0.05) is 20.8 Å². The van der Waals surface area contributed by atoms with Gasteiger partial charge in [0.25, 0.3) is 0 Å². The Kier molecular flexibility index (Phi) is 6.58. The minimum absolute atomic E-state index is 0.0866. The second kappa shape index (κ2) is 8.98. The number of carbonyl (C=O) groups is 4. The summed E-state index contributed by atoms with van der Waals surface area (Å²) in [6, 6.07) is 6.82. The molecular formula is C23H30N2O5. The summed E-state index contributed by atoms with van der Waals surface area (Å²) in [5.41, 5.74) is 0.795. The molecule has 1 aromatic carbocycles. The maximum Gasteiger partial charge on any atom is 0.309 e. The molecule has 30 heavy (non-hydrogen) atoms. The van der Waals surface area contributed by atoms with Crippen LogP contribution in [-0.4, -0.2) is 54.7 Å². The molecule has 0 aliphatic carbocycles. The molecule has 3 rings (SSSR count). The van der Waals surface area contributed by atoms with Crippen LogP contribution >= 0.6 is 0 Å². The van der Waals surface area contributed by atoms with Gasteiger partial charge in [0, 0.05) is 42.7 Å². The van der Waals surface area contributed by atoms with Gasteiger partial charge in [0.05, 0.1) is 5.92 Å². The van der Waals surface area contributed by atoms with E-state index in [9.17, 15) is 19.2 Å². The number of anilines is 1. The first kappa shape index (κ1) is 22.0. The first-order valence-corrected chi connectivity index (χ1v) is 10.6. The third kappa shape index (κ3) is 5.07. The predicted molar refractivity (Wildman–Crippen MR) is 112 cm³/mol. The number of ether oxygens (including phenoxy) is 1. The number of rotatable bonds is 5. The summed E-state index contributed by atoms with van der Waals surface area (Å²) in [6.45, 7) is 7.11. The summed E-state index contributed by atoms with van der Waals surface area (Å²) in [5, 5.41) is 0. The molecule has 0 saturated carbocycles. The van der Waals surface area contributed by atoms with Crippen LogP contribution in [0.25, 0.3) is 0 Å². The van der Waals surface area contributed by atoms with E-state index in [-0.39, 0.29) is 36.1 Å². The Labute approximate surface area is 177 Å². The van der Waals surface area contributed by atoms with Crippen molar-refractivity contribution in [1.82, 2.24) is 4.90 Å². The van der Waals surface area contributed by atoms with Crippen LogP contribution in [0.3, 0.4) is 0 Å². The van der Waals surface area contributed by atoms with Crippen molar-refractivity contribution in [2.45, 2.75) is 46.5 Å². The van der Waals surface area contributed by atoms with Crippen molar-refractivity contribution in [3.8, 4) is 0 Å². The minimum Gasteiger partial charge on any atom is -0.457 e. The maximum absolute atomic E-state index is 12.4. The molecule has 2 saturated heterocycles. The molecule has 2 fully saturated rings. The van der Waals surface area contributed by atoms with E-state index in [1.54, 1.807) is 34.1 Å². The molecule has 0 atom stereocenters. The molecule has 2 heterocycles. The lowest BCUT2D eigenvalue weighted by molar-refractivity contribution is -0.152. The molecule has 0 unspecified atom stereocenters. The highest BCUT2D eigenvalue weighted by Gasteiger charge is 2.33. The number of ketones is 1. The minimum atomic E-state index is -0.433. The molecule has 7 nitrogen and oxygen atoms in total. The number of carbonyl (C=O) groups excluding carboxylic acids is 4. The molecule has 7 heteroatoms. The van der Waals surface area contributed by atoms with Gasteiger partial charge in [-0.3, -0.25) is 19.2 Å². The molecule has 0 radical (unpaired) electrons. The molecule has 0 spiro atoms. The lowest BCUT2D eigenvalue weighted by Gasteiger charge is -2.34. The van der Waals surface area contributed by atoms with E-state index < -0.39 is 5.41 Å². The van der Waals surface area contributed by atoms with Gasteiger partial charge in [-0.05, 0) is 43.5 Å². The summed E-state index contributed by atoms with van der Waals surface area (Å²) in [7, 11) is 0. The summed E-state index contributed by atoms with van der Waals surface area (Å²) in [4.78, 5) is 52.4. The topological polar surface area (TPSA) is 84.0 Å². The van der Waals surface area contributed by atoms with Gasteiger partial charge in [-0.2, -0.15) is 0 Å². The number of likely N-dealkylation sites (tertiary alicyclic amines) is 1. The van der Waals surface area contributed by atoms with Crippen LogP contribution in [-0.2, 0) is 19.1 Å². The average Bonchev–Trinajstić information content (AvgIpc) is 3.16. The highest BCUT2D eigenvalue weighted by Crippen LogP contribution is 2.25. The van der Waals surface area contributed by atoms with Crippen molar-refractivity contribution < 1.29 is 23.9 Å². The quantitative estimate of drug-likeness (QED) is 0.546. The lowest BCUT2D eigenvalue weighted by atomic mass is 9.91. The zero-order chi connectivity index (χ0) is 21.9. The van der Waals surface area contributed by atoms with E-state index in [1.807, 2.05) is 20.8 Å². The van der Waals surface area contributed by atoms with Crippen molar-refractivity contribution in [1.29, 1.82) is 0 Å². The lowest BCUT2D eigenvalue weighted by Crippen LogP contribution is -2.45. The van der Waals surface area contributed by atoms with E-state index >= 15 is 0 Å². The fourth-order valence-corrected chi connectivity index (χ4v) is 3.88. The Morgan fingerprint density at radius 3 is 2.20 bits per heavy atom. The van der Waals surface area contributed by atoms with Crippen molar-refractivity contribution in [2.75, 3.05) is 31.1 Å². The van der Waals surface area contributed by atoms with Crippen molar-refractivity contribution in [2.24, 2.45) is 11.3 Å². The zero-order valence-electron chi connectivity index (χ0n) is 18.0. The fraction of sp³-hybridized carbons (Fsp3) is 0.565.